The first-order chi connectivity index (χ1) is 12.6. The highest BCUT2D eigenvalue weighted by Gasteiger charge is 2.46. The zero-order valence-electron chi connectivity index (χ0n) is 16.2. The van der Waals surface area contributed by atoms with Gasteiger partial charge in [0, 0.05) is 44.8 Å². The van der Waals surface area contributed by atoms with Gasteiger partial charge in [-0.25, -0.2) is 0 Å². The SMILES string of the molecule is CCC1(CC)CC(CCN2CC3CN(c4ccccc4)CC3C2)OC1=O. The summed E-state index contributed by atoms with van der Waals surface area (Å²) in [7, 11) is 0. The Morgan fingerprint density at radius 2 is 1.69 bits per heavy atom. The van der Waals surface area contributed by atoms with Crippen LogP contribution in [0.15, 0.2) is 30.3 Å². The summed E-state index contributed by atoms with van der Waals surface area (Å²) in [6.07, 6.45) is 3.85. The Bertz CT molecular complexity index is 614. The molecule has 3 aliphatic heterocycles. The van der Waals surface area contributed by atoms with Crippen molar-refractivity contribution in [3.8, 4) is 0 Å². The molecule has 0 aliphatic carbocycles. The number of ether oxygens (including phenoxy) is 1. The van der Waals surface area contributed by atoms with Gasteiger partial charge in [0.25, 0.3) is 0 Å². The average molecular weight is 357 g/mol. The van der Waals surface area contributed by atoms with E-state index in [0.29, 0.717) is 0 Å². The predicted octanol–water partition coefficient (Wildman–Crippen LogP) is 3.57. The molecule has 142 valence electrons. The maximum atomic E-state index is 12.3. The van der Waals surface area contributed by atoms with Crippen LogP contribution in [0, 0.1) is 17.3 Å². The molecular formula is C22H32N2O2. The lowest BCUT2D eigenvalue weighted by atomic mass is 9.79. The third kappa shape index (κ3) is 3.24. The van der Waals surface area contributed by atoms with Gasteiger partial charge in [0.1, 0.15) is 6.10 Å². The van der Waals surface area contributed by atoms with E-state index in [2.05, 4.69) is 54.0 Å². The Kier molecular flexibility index (Phi) is 4.96. The van der Waals surface area contributed by atoms with Crippen molar-refractivity contribution in [2.45, 2.75) is 45.6 Å². The van der Waals surface area contributed by atoms with E-state index in [4.69, 9.17) is 4.74 Å². The second kappa shape index (κ2) is 7.22. The van der Waals surface area contributed by atoms with E-state index in [-0.39, 0.29) is 17.5 Å². The Morgan fingerprint density at radius 1 is 1.04 bits per heavy atom. The van der Waals surface area contributed by atoms with Gasteiger partial charge in [-0.15, -0.1) is 0 Å². The van der Waals surface area contributed by atoms with Crippen molar-refractivity contribution in [2.75, 3.05) is 37.6 Å². The van der Waals surface area contributed by atoms with Crippen LogP contribution in [-0.2, 0) is 9.53 Å². The number of carbonyl (C=O) groups is 1. The van der Waals surface area contributed by atoms with Crippen LogP contribution in [0.4, 0.5) is 5.69 Å². The minimum atomic E-state index is -0.206. The number of hydrogen-bond donors (Lipinski definition) is 0. The summed E-state index contributed by atoms with van der Waals surface area (Å²) in [5, 5.41) is 0. The molecule has 0 radical (unpaired) electrons. The summed E-state index contributed by atoms with van der Waals surface area (Å²) in [5.41, 5.74) is 1.16. The molecule has 1 aromatic rings. The molecule has 3 unspecified atom stereocenters. The van der Waals surface area contributed by atoms with Crippen molar-refractivity contribution < 1.29 is 9.53 Å². The number of rotatable bonds is 6. The molecule has 0 spiro atoms. The second-order valence-electron chi connectivity index (χ2n) is 8.53. The van der Waals surface area contributed by atoms with Crippen molar-refractivity contribution in [3.63, 3.8) is 0 Å². The van der Waals surface area contributed by atoms with E-state index in [1.54, 1.807) is 0 Å². The molecule has 3 atom stereocenters. The average Bonchev–Trinajstić information content (AvgIpc) is 3.32. The number of cyclic esters (lactones) is 1. The molecule has 4 heteroatoms. The summed E-state index contributed by atoms with van der Waals surface area (Å²) >= 11 is 0. The third-order valence-corrected chi connectivity index (χ3v) is 7.13. The van der Waals surface area contributed by atoms with E-state index in [9.17, 15) is 4.79 Å². The fraction of sp³-hybridized carbons (Fsp3) is 0.682. The molecule has 0 bridgehead atoms. The highest BCUT2D eigenvalue weighted by molar-refractivity contribution is 5.78. The number of nitrogens with zero attached hydrogens (tertiary/aromatic N) is 2. The quantitative estimate of drug-likeness (QED) is 0.730. The molecule has 0 amide bonds. The van der Waals surface area contributed by atoms with Crippen LogP contribution in [0.5, 0.6) is 0 Å². The monoisotopic (exact) mass is 356 g/mol. The van der Waals surface area contributed by atoms with Crippen molar-refractivity contribution in [1.82, 2.24) is 4.90 Å². The zero-order valence-corrected chi connectivity index (χ0v) is 16.2. The lowest BCUT2D eigenvalue weighted by molar-refractivity contribution is -0.149. The number of fused-ring (bicyclic) bond motifs is 1. The summed E-state index contributed by atoms with van der Waals surface area (Å²) in [4.78, 5) is 17.4. The maximum Gasteiger partial charge on any atom is 0.312 e. The van der Waals surface area contributed by atoms with Gasteiger partial charge in [-0.05, 0) is 43.2 Å². The largest absolute Gasteiger partial charge is 0.462 e. The van der Waals surface area contributed by atoms with Gasteiger partial charge in [0.15, 0.2) is 0 Å². The van der Waals surface area contributed by atoms with E-state index in [1.165, 1.54) is 31.9 Å². The molecule has 0 N–H and O–H groups in total. The molecule has 0 aromatic heterocycles. The van der Waals surface area contributed by atoms with Crippen molar-refractivity contribution in [2.24, 2.45) is 17.3 Å². The molecule has 1 aromatic carbocycles. The Morgan fingerprint density at radius 3 is 2.27 bits per heavy atom. The fourth-order valence-corrected chi connectivity index (χ4v) is 5.27. The van der Waals surface area contributed by atoms with Crippen LogP contribution in [0.1, 0.15) is 39.5 Å². The highest BCUT2D eigenvalue weighted by Crippen LogP contribution is 2.41. The summed E-state index contributed by atoms with van der Waals surface area (Å²) in [6.45, 7) is 10.1. The van der Waals surface area contributed by atoms with E-state index in [0.717, 1.165) is 44.1 Å². The van der Waals surface area contributed by atoms with Crippen LogP contribution < -0.4 is 4.90 Å². The first kappa shape index (κ1) is 17.8. The van der Waals surface area contributed by atoms with Crippen molar-refractivity contribution in [1.29, 1.82) is 0 Å². The molecule has 3 saturated heterocycles. The van der Waals surface area contributed by atoms with Gasteiger partial charge in [-0.1, -0.05) is 32.0 Å². The molecule has 4 rings (SSSR count). The normalized spacial score (nSPS) is 30.6. The number of carbonyl (C=O) groups excluding carboxylic acids is 1. The number of benzene rings is 1. The minimum absolute atomic E-state index is 0.0456. The lowest BCUT2D eigenvalue weighted by Crippen LogP contribution is -2.30. The molecule has 4 nitrogen and oxygen atoms in total. The van der Waals surface area contributed by atoms with Gasteiger partial charge >= 0.3 is 5.97 Å². The van der Waals surface area contributed by atoms with Crippen LogP contribution >= 0.6 is 0 Å². The van der Waals surface area contributed by atoms with Crippen molar-refractivity contribution in [3.05, 3.63) is 30.3 Å². The van der Waals surface area contributed by atoms with Crippen LogP contribution in [-0.4, -0.2) is 49.7 Å². The summed E-state index contributed by atoms with van der Waals surface area (Å²) < 4.78 is 5.71. The van der Waals surface area contributed by atoms with E-state index in [1.807, 2.05) is 0 Å². The van der Waals surface area contributed by atoms with Crippen molar-refractivity contribution >= 4 is 11.7 Å². The summed E-state index contributed by atoms with van der Waals surface area (Å²) in [6, 6.07) is 10.8. The van der Waals surface area contributed by atoms with Gasteiger partial charge in [-0.3, -0.25) is 4.79 Å². The molecule has 3 fully saturated rings. The second-order valence-corrected chi connectivity index (χ2v) is 8.53. The van der Waals surface area contributed by atoms with E-state index >= 15 is 0 Å². The summed E-state index contributed by atoms with van der Waals surface area (Å²) in [5.74, 6) is 1.61. The fourth-order valence-electron chi connectivity index (χ4n) is 5.27. The van der Waals surface area contributed by atoms with Gasteiger partial charge in [0.2, 0.25) is 0 Å². The molecule has 0 saturated carbocycles. The highest BCUT2D eigenvalue weighted by atomic mass is 16.6. The predicted molar refractivity (Wildman–Crippen MR) is 104 cm³/mol. The van der Waals surface area contributed by atoms with Gasteiger partial charge < -0.3 is 14.5 Å². The number of hydrogen-bond acceptors (Lipinski definition) is 4. The molecule has 3 aliphatic rings. The standard InChI is InChI=1S/C22H32N2O2/c1-3-22(4-2)12-20(26-21(22)25)10-11-23-13-17-15-24(16-18(17)14-23)19-8-6-5-7-9-19/h5-9,17-18,20H,3-4,10-16H2,1-2H3. The Labute approximate surface area is 157 Å². The topological polar surface area (TPSA) is 32.8 Å². The number of likely N-dealkylation sites (tertiary alicyclic amines) is 1. The molecule has 3 heterocycles. The van der Waals surface area contributed by atoms with Crippen LogP contribution in [0.2, 0.25) is 0 Å². The molecular weight excluding hydrogens is 324 g/mol. The van der Waals surface area contributed by atoms with Gasteiger partial charge in [0.05, 0.1) is 5.41 Å². The Hall–Kier alpha value is -1.55. The minimum Gasteiger partial charge on any atom is -0.462 e. The van der Waals surface area contributed by atoms with Crippen LogP contribution in [0.3, 0.4) is 0 Å². The number of anilines is 1. The smallest absolute Gasteiger partial charge is 0.312 e. The maximum absolute atomic E-state index is 12.3. The van der Waals surface area contributed by atoms with E-state index < -0.39 is 0 Å². The zero-order chi connectivity index (χ0) is 18.1. The van der Waals surface area contributed by atoms with Gasteiger partial charge in [-0.2, -0.15) is 0 Å². The Balaban J connectivity index is 1.25. The number of esters is 1. The first-order valence-electron chi connectivity index (χ1n) is 10.4. The number of para-hydroxylation sites is 1. The van der Waals surface area contributed by atoms with Crippen LogP contribution in [0.25, 0.3) is 0 Å². The third-order valence-electron chi connectivity index (χ3n) is 7.13. The lowest BCUT2D eigenvalue weighted by Gasteiger charge is -2.24. The molecule has 26 heavy (non-hydrogen) atoms. The first-order valence-corrected chi connectivity index (χ1v) is 10.4.